The van der Waals surface area contributed by atoms with Gasteiger partial charge in [0, 0.05) is 36.5 Å². The van der Waals surface area contributed by atoms with Gasteiger partial charge in [0.15, 0.2) is 0 Å². The molecule has 1 fully saturated rings. The van der Waals surface area contributed by atoms with E-state index in [9.17, 15) is 14.4 Å². The van der Waals surface area contributed by atoms with E-state index in [1.807, 2.05) is 25.1 Å². The van der Waals surface area contributed by atoms with Crippen LogP contribution in [0, 0.1) is 12.3 Å². The third kappa shape index (κ3) is 3.00. The maximum Gasteiger partial charge on any atom is 0.266 e. The summed E-state index contributed by atoms with van der Waals surface area (Å²) in [6, 6.07) is 5.64. The molecule has 2 heterocycles. The zero-order valence-corrected chi connectivity index (χ0v) is 15.0. The highest BCUT2D eigenvalue weighted by atomic mass is 16.2. The largest absolute Gasteiger partial charge is 0.364 e. The molecule has 0 radical (unpaired) electrons. The number of primary amides is 1. The fraction of sp³-hybridized carbons (Fsp3) is 0.368. The number of nitrogens with zero attached hydrogens (tertiary/aromatic N) is 2. The van der Waals surface area contributed by atoms with Gasteiger partial charge >= 0.3 is 0 Å². The van der Waals surface area contributed by atoms with Crippen LogP contribution < -0.4 is 15.5 Å². The summed E-state index contributed by atoms with van der Waals surface area (Å²) in [5.41, 5.74) is 8.19. The third-order valence-electron chi connectivity index (χ3n) is 5.01. The number of benzene rings is 1. The van der Waals surface area contributed by atoms with E-state index in [-0.39, 0.29) is 17.5 Å². The number of aryl methyl sites for hydroxylation is 1. The molecular formula is C19H22N4O3. The number of anilines is 2. The number of rotatable bonds is 4. The first-order valence-electron chi connectivity index (χ1n) is 8.62. The van der Waals surface area contributed by atoms with Crippen molar-refractivity contribution in [1.82, 2.24) is 0 Å². The lowest BCUT2D eigenvalue weighted by molar-refractivity contribution is -0.117. The van der Waals surface area contributed by atoms with Gasteiger partial charge in [0.2, 0.25) is 5.91 Å². The van der Waals surface area contributed by atoms with E-state index in [0.717, 1.165) is 29.9 Å². The van der Waals surface area contributed by atoms with Gasteiger partial charge in [-0.15, -0.1) is 0 Å². The molecule has 0 saturated carbocycles. The number of hydrogen-bond donors (Lipinski definition) is 2. The highest BCUT2D eigenvalue weighted by Crippen LogP contribution is 2.31. The molecule has 1 aromatic rings. The standard InChI is InChI=1S/C19H22N4O3/c1-11-10-13(22-8-3-4-16(22)24)5-6-15(11)23-9-7-14(12(2)19(23)26)17(20)18(21)25/h5-6,10,20H,3-4,7-9H2,1-2H3,(H2,21,25). The summed E-state index contributed by atoms with van der Waals surface area (Å²) in [5.74, 6) is -0.929. The van der Waals surface area contributed by atoms with Crippen LogP contribution >= 0.6 is 0 Å². The Hall–Kier alpha value is -2.96. The molecule has 26 heavy (non-hydrogen) atoms. The van der Waals surface area contributed by atoms with Crippen LogP contribution in [0.4, 0.5) is 11.4 Å². The highest BCUT2D eigenvalue weighted by molar-refractivity contribution is 6.44. The van der Waals surface area contributed by atoms with Crippen LogP contribution in [0.2, 0.25) is 0 Å². The molecule has 0 atom stereocenters. The maximum atomic E-state index is 12.8. The molecule has 7 heteroatoms. The zero-order chi connectivity index (χ0) is 19.0. The van der Waals surface area contributed by atoms with E-state index in [0.29, 0.717) is 30.5 Å². The summed E-state index contributed by atoms with van der Waals surface area (Å²) >= 11 is 0. The Kier molecular flexibility index (Phi) is 4.63. The average molecular weight is 354 g/mol. The SMILES string of the molecule is CC1=C(C(=N)C(N)=O)CCN(c2ccc(N3CCCC3=O)cc2C)C1=O. The molecule has 3 N–H and O–H groups in total. The van der Waals surface area contributed by atoms with E-state index < -0.39 is 5.91 Å². The van der Waals surface area contributed by atoms with Crippen molar-refractivity contribution < 1.29 is 14.4 Å². The van der Waals surface area contributed by atoms with Crippen molar-refractivity contribution >= 4 is 34.8 Å². The van der Waals surface area contributed by atoms with Gasteiger partial charge in [0.05, 0.1) is 0 Å². The van der Waals surface area contributed by atoms with Gasteiger partial charge in [-0.2, -0.15) is 0 Å². The molecule has 7 nitrogen and oxygen atoms in total. The summed E-state index contributed by atoms with van der Waals surface area (Å²) in [4.78, 5) is 39.4. The topological polar surface area (TPSA) is 108 Å². The number of amides is 3. The second-order valence-corrected chi connectivity index (χ2v) is 6.67. The summed E-state index contributed by atoms with van der Waals surface area (Å²) in [5, 5.41) is 7.77. The lowest BCUT2D eigenvalue weighted by atomic mass is 9.95. The molecule has 2 aliphatic heterocycles. The Morgan fingerprint density at radius 3 is 2.42 bits per heavy atom. The Labute approximate surface area is 152 Å². The minimum absolute atomic E-state index is 0.125. The maximum absolute atomic E-state index is 12.8. The number of nitrogens with two attached hydrogens (primary N) is 1. The molecule has 1 aromatic carbocycles. The van der Waals surface area contributed by atoms with Gasteiger partial charge in [-0.25, -0.2) is 0 Å². The Morgan fingerprint density at radius 1 is 1.12 bits per heavy atom. The van der Waals surface area contributed by atoms with E-state index in [2.05, 4.69) is 0 Å². The van der Waals surface area contributed by atoms with E-state index in [1.165, 1.54) is 0 Å². The normalized spacial score (nSPS) is 17.9. The summed E-state index contributed by atoms with van der Waals surface area (Å²) < 4.78 is 0. The Bertz CT molecular complexity index is 856. The van der Waals surface area contributed by atoms with Gasteiger partial charge in [-0.3, -0.25) is 19.8 Å². The van der Waals surface area contributed by atoms with Gasteiger partial charge in [-0.05, 0) is 56.0 Å². The number of carbonyl (C=O) groups excluding carboxylic acids is 3. The summed E-state index contributed by atoms with van der Waals surface area (Å²) in [7, 11) is 0. The van der Waals surface area contributed by atoms with Gasteiger partial charge in [0.1, 0.15) is 5.71 Å². The van der Waals surface area contributed by atoms with Crippen LogP contribution in [-0.4, -0.2) is 36.5 Å². The number of hydrogen-bond acceptors (Lipinski definition) is 4. The van der Waals surface area contributed by atoms with E-state index >= 15 is 0 Å². The van der Waals surface area contributed by atoms with E-state index in [4.69, 9.17) is 11.1 Å². The van der Waals surface area contributed by atoms with Crippen LogP contribution in [0.3, 0.4) is 0 Å². The first-order valence-corrected chi connectivity index (χ1v) is 8.62. The molecule has 3 rings (SSSR count). The molecule has 136 valence electrons. The molecule has 0 bridgehead atoms. The highest BCUT2D eigenvalue weighted by Gasteiger charge is 2.30. The fourth-order valence-corrected chi connectivity index (χ4v) is 3.57. The molecule has 0 aliphatic carbocycles. The van der Waals surface area contributed by atoms with E-state index in [1.54, 1.807) is 16.7 Å². The molecule has 3 amide bonds. The molecule has 2 aliphatic rings. The van der Waals surface area contributed by atoms with Gasteiger partial charge < -0.3 is 15.5 Å². The summed E-state index contributed by atoms with van der Waals surface area (Å²) in [6.07, 6.45) is 1.85. The van der Waals surface area contributed by atoms with Gasteiger partial charge in [-0.1, -0.05) is 0 Å². The lowest BCUT2D eigenvalue weighted by Gasteiger charge is -2.31. The second kappa shape index (κ2) is 6.74. The molecule has 0 unspecified atom stereocenters. The number of nitrogens with one attached hydrogen (secondary N) is 1. The van der Waals surface area contributed by atoms with Crippen molar-refractivity contribution in [3.05, 3.63) is 34.9 Å². The minimum atomic E-state index is -0.823. The van der Waals surface area contributed by atoms with Crippen LogP contribution in [0.5, 0.6) is 0 Å². The zero-order valence-electron chi connectivity index (χ0n) is 15.0. The Morgan fingerprint density at radius 2 is 1.85 bits per heavy atom. The minimum Gasteiger partial charge on any atom is -0.364 e. The first-order chi connectivity index (χ1) is 12.3. The first kappa shape index (κ1) is 17.8. The number of carbonyl (C=O) groups is 3. The smallest absolute Gasteiger partial charge is 0.266 e. The van der Waals surface area contributed by atoms with Crippen molar-refractivity contribution in [3.63, 3.8) is 0 Å². The fourth-order valence-electron chi connectivity index (χ4n) is 3.57. The lowest BCUT2D eigenvalue weighted by Crippen LogP contribution is -2.40. The predicted molar refractivity (Wildman–Crippen MR) is 99.4 cm³/mol. The monoisotopic (exact) mass is 354 g/mol. The van der Waals surface area contributed by atoms with Gasteiger partial charge in [0.25, 0.3) is 11.8 Å². The summed E-state index contributed by atoms with van der Waals surface area (Å²) in [6.45, 7) is 4.63. The van der Waals surface area contributed by atoms with Crippen LogP contribution in [0.25, 0.3) is 0 Å². The van der Waals surface area contributed by atoms with Crippen LogP contribution in [0.15, 0.2) is 29.3 Å². The second-order valence-electron chi connectivity index (χ2n) is 6.67. The van der Waals surface area contributed by atoms with Crippen LogP contribution in [0.1, 0.15) is 31.7 Å². The predicted octanol–water partition coefficient (Wildman–Crippen LogP) is 1.68. The Balaban J connectivity index is 1.88. The van der Waals surface area contributed by atoms with Crippen molar-refractivity contribution in [2.24, 2.45) is 5.73 Å². The molecule has 1 saturated heterocycles. The van der Waals surface area contributed by atoms with Crippen molar-refractivity contribution in [1.29, 1.82) is 5.41 Å². The molecular weight excluding hydrogens is 332 g/mol. The van der Waals surface area contributed by atoms with Crippen molar-refractivity contribution in [2.45, 2.75) is 33.1 Å². The molecule has 0 aromatic heterocycles. The van der Waals surface area contributed by atoms with Crippen molar-refractivity contribution in [2.75, 3.05) is 22.9 Å². The average Bonchev–Trinajstić information content (AvgIpc) is 3.03. The van der Waals surface area contributed by atoms with Crippen LogP contribution in [-0.2, 0) is 14.4 Å². The quantitative estimate of drug-likeness (QED) is 0.803. The van der Waals surface area contributed by atoms with Crippen molar-refractivity contribution in [3.8, 4) is 0 Å². The third-order valence-corrected chi connectivity index (χ3v) is 5.01. The molecule has 0 spiro atoms.